The van der Waals surface area contributed by atoms with E-state index in [1.165, 1.54) is 6.42 Å². The van der Waals surface area contributed by atoms with Gasteiger partial charge in [-0.3, -0.25) is 4.79 Å². The summed E-state index contributed by atoms with van der Waals surface area (Å²) in [5, 5.41) is 5.39. The molecule has 1 unspecified atom stereocenters. The maximum atomic E-state index is 13.9. The van der Waals surface area contributed by atoms with Crippen LogP contribution in [0.2, 0.25) is 0 Å². The Morgan fingerprint density at radius 3 is 2.61 bits per heavy atom. The van der Waals surface area contributed by atoms with E-state index in [1.54, 1.807) is 6.20 Å². The molecular formula is C26H32N4O3. The minimum atomic E-state index is 0.0721. The molecule has 1 atom stereocenters. The average molecular weight is 449 g/mol. The number of fused-ring (bicyclic) bond motifs is 2. The second kappa shape index (κ2) is 8.69. The zero-order chi connectivity index (χ0) is 23.1. The van der Waals surface area contributed by atoms with Crippen LogP contribution in [0.3, 0.4) is 0 Å². The van der Waals surface area contributed by atoms with Gasteiger partial charge in [0.1, 0.15) is 13.2 Å². The maximum Gasteiger partial charge on any atom is 0.254 e. The summed E-state index contributed by atoms with van der Waals surface area (Å²) >= 11 is 0. The fourth-order valence-corrected chi connectivity index (χ4v) is 4.98. The summed E-state index contributed by atoms with van der Waals surface area (Å²) in [6.45, 7) is 10.4. The van der Waals surface area contributed by atoms with E-state index < -0.39 is 0 Å². The Labute approximate surface area is 194 Å². The molecule has 3 aromatic rings. The van der Waals surface area contributed by atoms with E-state index >= 15 is 0 Å². The Kier molecular flexibility index (Phi) is 5.72. The van der Waals surface area contributed by atoms with E-state index in [9.17, 15) is 4.79 Å². The number of carbonyl (C=O) groups excluding carboxylic acids is 1. The summed E-state index contributed by atoms with van der Waals surface area (Å²) in [6.07, 6.45) is 5.06. The van der Waals surface area contributed by atoms with Gasteiger partial charge in [0.15, 0.2) is 17.1 Å². The van der Waals surface area contributed by atoms with Crippen molar-refractivity contribution in [2.45, 2.75) is 59.0 Å². The van der Waals surface area contributed by atoms with Crippen molar-refractivity contribution in [2.75, 3.05) is 19.8 Å². The van der Waals surface area contributed by atoms with Crippen molar-refractivity contribution in [2.24, 2.45) is 5.92 Å². The third-order valence-corrected chi connectivity index (χ3v) is 6.70. The molecule has 0 N–H and O–H groups in total. The van der Waals surface area contributed by atoms with E-state index in [-0.39, 0.29) is 18.0 Å². The highest BCUT2D eigenvalue weighted by molar-refractivity contribution is 6.06. The first-order valence-electron chi connectivity index (χ1n) is 12.0. The molecule has 0 saturated carbocycles. The molecule has 0 aliphatic carbocycles. The van der Waals surface area contributed by atoms with E-state index in [2.05, 4.69) is 37.7 Å². The molecule has 174 valence electrons. The van der Waals surface area contributed by atoms with Crippen molar-refractivity contribution in [3.05, 3.63) is 36.0 Å². The van der Waals surface area contributed by atoms with Gasteiger partial charge in [0, 0.05) is 24.2 Å². The maximum absolute atomic E-state index is 13.9. The lowest BCUT2D eigenvalue weighted by Crippen LogP contribution is -2.46. The number of amides is 1. The molecule has 33 heavy (non-hydrogen) atoms. The monoisotopic (exact) mass is 448 g/mol. The third-order valence-electron chi connectivity index (χ3n) is 6.70. The highest BCUT2D eigenvalue weighted by Crippen LogP contribution is 2.36. The lowest BCUT2D eigenvalue weighted by molar-refractivity contribution is 0.0545. The van der Waals surface area contributed by atoms with Crippen molar-refractivity contribution < 1.29 is 14.3 Å². The van der Waals surface area contributed by atoms with Crippen LogP contribution in [0.1, 0.15) is 63.4 Å². The molecule has 4 heterocycles. The van der Waals surface area contributed by atoms with E-state index in [0.717, 1.165) is 47.4 Å². The first-order valence-corrected chi connectivity index (χ1v) is 12.0. The predicted octanol–water partition coefficient (Wildman–Crippen LogP) is 5.10. The molecule has 2 aliphatic heterocycles. The van der Waals surface area contributed by atoms with Gasteiger partial charge in [0.05, 0.1) is 22.8 Å². The standard InChI is InChI=1S/C26H32N4O3/c1-16(2)22-7-5-6-10-29(22)26(31)19-14-21(28-25-20(19)15-27-30(25)17(3)4)18-8-9-23-24(13-18)33-12-11-32-23/h8-9,13-17,22H,5-7,10-12H2,1-4H3. The van der Waals surface area contributed by atoms with Gasteiger partial charge < -0.3 is 14.4 Å². The van der Waals surface area contributed by atoms with Gasteiger partial charge in [-0.25, -0.2) is 9.67 Å². The Hall–Kier alpha value is -3.09. The molecular weight excluding hydrogens is 416 g/mol. The highest BCUT2D eigenvalue weighted by atomic mass is 16.6. The van der Waals surface area contributed by atoms with E-state index in [0.29, 0.717) is 30.4 Å². The van der Waals surface area contributed by atoms with E-state index in [4.69, 9.17) is 14.5 Å². The summed E-state index contributed by atoms with van der Waals surface area (Å²) in [6, 6.07) is 8.15. The van der Waals surface area contributed by atoms with Crippen molar-refractivity contribution >= 4 is 16.9 Å². The van der Waals surface area contributed by atoms with Crippen LogP contribution in [0.5, 0.6) is 11.5 Å². The zero-order valence-corrected chi connectivity index (χ0v) is 19.9. The van der Waals surface area contributed by atoms with Crippen LogP contribution in [0.15, 0.2) is 30.5 Å². The van der Waals surface area contributed by atoms with Gasteiger partial charge in [0.25, 0.3) is 5.91 Å². The second-order valence-corrected chi connectivity index (χ2v) is 9.64. The lowest BCUT2D eigenvalue weighted by atomic mass is 9.92. The quantitative estimate of drug-likeness (QED) is 0.555. The van der Waals surface area contributed by atoms with Gasteiger partial charge in [-0.2, -0.15) is 5.10 Å². The minimum absolute atomic E-state index is 0.0721. The number of aromatic nitrogens is 3. The third kappa shape index (κ3) is 3.94. The Bertz CT molecular complexity index is 1180. The number of nitrogens with zero attached hydrogens (tertiary/aromatic N) is 4. The molecule has 1 fully saturated rings. The molecule has 0 spiro atoms. The van der Waals surface area contributed by atoms with Gasteiger partial charge >= 0.3 is 0 Å². The van der Waals surface area contributed by atoms with Crippen molar-refractivity contribution in [1.82, 2.24) is 19.7 Å². The van der Waals surface area contributed by atoms with Crippen molar-refractivity contribution in [3.63, 3.8) is 0 Å². The number of hydrogen-bond donors (Lipinski definition) is 0. The van der Waals surface area contributed by atoms with Crippen LogP contribution in [0.25, 0.3) is 22.3 Å². The Morgan fingerprint density at radius 2 is 1.85 bits per heavy atom. The van der Waals surface area contributed by atoms with Gasteiger partial charge in [-0.15, -0.1) is 0 Å². The van der Waals surface area contributed by atoms with Crippen LogP contribution in [0, 0.1) is 5.92 Å². The molecule has 0 radical (unpaired) electrons. The number of pyridine rings is 1. The molecule has 0 bridgehead atoms. The number of piperidine rings is 1. The molecule has 2 aromatic heterocycles. The molecule has 7 heteroatoms. The van der Waals surface area contributed by atoms with Gasteiger partial charge in [0.2, 0.25) is 0 Å². The second-order valence-electron chi connectivity index (χ2n) is 9.64. The fourth-order valence-electron chi connectivity index (χ4n) is 4.98. The number of benzene rings is 1. The number of rotatable bonds is 4. The van der Waals surface area contributed by atoms with Crippen LogP contribution < -0.4 is 9.47 Å². The first-order chi connectivity index (χ1) is 15.9. The highest BCUT2D eigenvalue weighted by Gasteiger charge is 2.31. The zero-order valence-electron chi connectivity index (χ0n) is 19.9. The predicted molar refractivity (Wildman–Crippen MR) is 128 cm³/mol. The largest absolute Gasteiger partial charge is 0.486 e. The number of carbonyl (C=O) groups is 1. The molecule has 7 nitrogen and oxygen atoms in total. The van der Waals surface area contributed by atoms with Gasteiger partial charge in [-0.1, -0.05) is 13.8 Å². The Balaban J connectivity index is 1.64. The summed E-state index contributed by atoms with van der Waals surface area (Å²) in [5.41, 5.74) is 3.04. The molecule has 1 saturated heterocycles. The topological polar surface area (TPSA) is 69.5 Å². The molecule has 2 aliphatic rings. The number of hydrogen-bond acceptors (Lipinski definition) is 5. The number of likely N-dealkylation sites (tertiary alicyclic amines) is 1. The van der Waals surface area contributed by atoms with E-state index in [1.807, 2.05) is 28.9 Å². The molecule has 5 rings (SSSR count). The Morgan fingerprint density at radius 1 is 1.06 bits per heavy atom. The summed E-state index contributed by atoms with van der Waals surface area (Å²) in [5.74, 6) is 1.94. The smallest absolute Gasteiger partial charge is 0.254 e. The summed E-state index contributed by atoms with van der Waals surface area (Å²) < 4.78 is 13.4. The van der Waals surface area contributed by atoms with Crippen molar-refractivity contribution in [3.8, 4) is 22.8 Å². The SMILES string of the molecule is CC(C)C1CCCCN1C(=O)c1cc(-c2ccc3c(c2)OCCO3)nc2c1cnn2C(C)C. The van der Waals surface area contributed by atoms with Crippen LogP contribution in [-0.4, -0.2) is 51.4 Å². The van der Waals surface area contributed by atoms with Crippen LogP contribution >= 0.6 is 0 Å². The normalized spacial score (nSPS) is 18.4. The average Bonchev–Trinajstić information content (AvgIpc) is 3.27. The summed E-state index contributed by atoms with van der Waals surface area (Å²) in [4.78, 5) is 21.0. The molecule has 1 amide bonds. The van der Waals surface area contributed by atoms with Crippen LogP contribution in [-0.2, 0) is 0 Å². The van der Waals surface area contributed by atoms with Crippen molar-refractivity contribution in [1.29, 1.82) is 0 Å². The number of ether oxygens (including phenoxy) is 2. The van der Waals surface area contributed by atoms with Crippen LogP contribution in [0.4, 0.5) is 0 Å². The summed E-state index contributed by atoms with van der Waals surface area (Å²) in [7, 11) is 0. The first kappa shape index (κ1) is 21.7. The minimum Gasteiger partial charge on any atom is -0.486 e. The van der Waals surface area contributed by atoms with Gasteiger partial charge in [-0.05, 0) is 63.3 Å². The molecule has 1 aromatic carbocycles. The fraction of sp³-hybridized carbons (Fsp3) is 0.500. The lowest BCUT2D eigenvalue weighted by Gasteiger charge is -2.38.